The third-order valence-corrected chi connectivity index (χ3v) is 14.1. The number of nitriles is 2. The number of carbonyl (C=O) groups excluding carboxylic acids is 4. The van der Waals surface area contributed by atoms with Gasteiger partial charge in [0, 0.05) is 36.5 Å². The standard InChI is InChI=1S/C54H42ClF6N9O6/c55-39-19-13-34(14-20-39)31-70(52(75)76,23-3-21-66-29-42-44(48(66)71)46(35-15-9-32(27-62)10-16-35)64-50(73)68(42)40-7-1-5-37(25-40)53(56,57)58)24-4-22-67-30-43-45(49(67)72)47(36-17-11-33(28-63)12-18-36)65-51(74)69(43)41-8-2-6-38(26-41)54(59,60)61/h1-2,5-20,25-26,46-47H,3-4,21-24,29-31H2,(H2-,64,65,73,74,75,76)/p+1/t46-,47-/m1/s1. The number of rotatable bonds is 14. The highest BCUT2D eigenvalue weighted by molar-refractivity contribution is 6.30. The average molecular weight is 1060 g/mol. The minimum absolute atomic E-state index is 0.0448. The molecule has 4 aliphatic rings. The largest absolute Gasteiger partial charge is 0.513 e. The van der Waals surface area contributed by atoms with Crippen LogP contribution in [0.1, 0.15) is 63.9 Å². The van der Waals surface area contributed by atoms with Crippen LogP contribution in [0, 0.1) is 22.7 Å². The van der Waals surface area contributed by atoms with Gasteiger partial charge in [0.1, 0.15) is 6.54 Å². The molecule has 0 fully saturated rings. The lowest BCUT2D eigenvalue weighted by Gasteiger charge is -2.34. The minimum atomic E-state index is -4.76. The van der Waals surface area contributed by atoms with Crippen molar-refractivity contribution in [1.82, 2.24) is 20.4 Å². The summed E-state index contributed by atoms with van der Waals surface area (Å²) in [5.41, 5.74) is 0.0215. The molecule has 0 radical (unpaired) electrons. The molecule has 0 saturated carbocycles. The molecule has 5 aromatic carbocycles. The molecule has 0 spiro atoms. The molecule has 7 amide bonds. The summed E-state index contributed by atoms with van der Waals surface area (Å²) in [4.78, 5) is 75.4. The van der Waals surface area contributed by atoms with E-state index in [0.717, 1.165) is 46.2 Å². The summed E-state index contributed by atoms with van der Waals surface area (Å²) in [5, 5.41) is 35.9. The maximum atomic E-state index is 14.6. The van der Waals surface area contributed by atoms with Crippen molar-refractivity contribution in [3.8, 4) is 12.1 Å². The van der Waals surface area contributed by atoms with Gasteiger partial charge in [-0.25, -0.2) is 14.1 Å². The highest BCUT2D eigenvalue weighted by Gasteiger charge is 2.48. The van der Waals surface area contributed by atoms with Crippen LogP contribution >= 0.6 is 11.6 Å². The lowest BCUT2D eigenvalue weighted by atomic mass is 9.94. The van der Waals surface area contributed by atoms with Gasteiger partial charge in [-0.15, -0.1) is 0 Å². The smallest absolute Gasteiger partial charge is 0.435 e. The Hall–Kier alpha value is -8.66. The number of nitrogens with one attached hydrogen (secondary N) is 2. The Morgan fingerprint density at radius 1 is 0.632 bits per heavy atom. The van der Waals surface area contributed by atoms with E-state index in [2.05, 4.69) is 10.6 Å². The Labute approximate surface area is 435 Å². The van der Waals surface area contributed by atoms with Crippen molar-refractivity contribution in [3.63, 3.8) is 0 Å². The van der Waals surface area contributed by atoms with Crippen molar-refractivity contribution in [1.29, 1.82) is 10.5 Å². The van der Waals surface area contributed by atoms with Gasteiger partial charge >= 0.3 is 30.5 Å². The van der Waals surface area contributed by atoms with Gasteiger partial charge in [-0.05, 0) is 83.9 Å². The summed E-state index contributed by atoms with van der Waals surface area (Å²) in [6, 6.07) is 27.2. The highest BCUT2D eigenvalue weighted by Crippen LogP contribution is 2.43. The topological polar surface area (TPSA) is 190 Å². The van der Waals surface area contributed by atoms with Gasteiger partial charge in [0.2, 0.25) is 0 Å². The first kappa shape index (κ1) is 52.2. The molecular weight excluding hydrogens is 1020 g/mol. The summed E-state index contributed by atoms with van der Waals surface area (Å²) in [5.74, 6) is -1.13. The van der Waals surface area contributed by atoms with Crippen LogP contribution in [0.25, 0.3) is 0 Å². The fourth-order valence-electron chi connectivity index (χ4n) is 10.1. The Balaban J connectivity index is 0.977. The summed E-state index contributed by atoms with van der Waals surface area (Å²) in [6.45, 7) is -0.924. The third-order valence-electron chi connectivity index (χ3n) is 13.8. The van der Waals surface area contributed by atoms with Crippen LogP contribution < -0.4 is 20.4 Å². The molecule has 0 saturated heterocycles. The normalized spacial score (nSPS) is 17.9. The number of carbonyl (C=O) groups is 5. The second kappa shape index (κ2) is 20.6. The molecule has 0 bridgehead atoms. The Morgan fingerprint density at radius 2 is 1.04 bits per heavy atom. The van der Waals surface area contributed by atoms with E-state index < -0.39 is 70.0 Å². The number of alkyl halides is 6. The number of nitrogens with zero attached hydrogens (tertiary/aromatic N) is 7. The van der Waals surface area contributed by atoms with Crippen molar-refractivity contribution in [2.75, 3.05) is 49.1 Å². The van der Waals surface area contributed by atoms with Gasteiger partial charge in [0.25, 0.3) is 11.8 Å². The van der Waals surface area contributed by atoms with Crippen molar-refractivity contribution >= 4 is 52.9 Å². The number of quaternary nitrogens is 1. The molecule has 4 heterocycles. The van der Waals surface area contributed by atoms with E-state index in [0.29, 0.717) is 32.8 Å². The van der Waals surface area contributed by atoms with E-state index >= 15 is 0 Å². The fraction of sp³-hybridized carbons (Fsp3) is 0.241. The first-order valence-corrected chi connectivity index (χ1v) is 24.0. The number of halogens is 7. The second-order valence-electron chi connectivity index (χ2n) is 18.5. The molecule has 9 rings (SSSR count). The van der Waals surface area contributed by atoms with Crippen LogP contribution in [0.3, 0.4) is 0 Å². The van der Waals surface area contributed by atoms with E-state index in [9.17, 15) is 65.9 Å². The summed E-state index contributed by atoms with van der Waals surface area (Å²) >= 11 is 6.20. The lowest BCUT2D eigenvalue weighted by Crippen LogP contribution is -2.54. The first-order chi connectivity index (χ1) is 36.2. The van der Waals surface area contributed by atoms with Crippen molar-refractivity contribution in [2.24, 2.45) is 0 Å². The summed E-state index contributed by atoms with van der Waals surface area (Å²) in [6.07, 6.45) is -10.7. The third kappa shape index (κ3) is 10.3. The van der Waals surface area contributed by atoms with Gasteiger partial charge in [0.05, 0.1) is 107 Å². The molecule has 4 aliphatic heterocycles. The van der Waals surface area contributed by atoms with Gasteiger partial charge in [-0.2, -0.15) is 41.7 Å². The zero-order chi connectivity index (χ0) is 54.3. The molecule has 15 nitrogen and oxygen atoms in total. The number of benzene rings is 5. The fourth-order valence-corrected chi connectivity index (χ4v) is 10.3. The number of carboxylic acid groups (broad SMARTS) is 1. The summed E-state index contributed by atoms with van der Waals surface area (Å²) < 4.78 is 83.0. The maximum Gasteiger partial charge on any atom is 0.513 e. The van der Waals surface area contributed by atoms with E-state index in [1.807, 2.05) is 12.1 Å². The zero-order valence-corrected chi connectivity index (χ0v) is 40.6. The number of hydrogen-bond acceptors (Lipinski definition) is 7. The Morgan fingerprint density at radius 3 is 1.41 bits per heavy atom. The van der Waals surface area contributed by atoms with Crippen molar-refractivity contribution in [3.05, 3.63) is 188 Å². The predicted octanol–water partition coefficient (Wildman–Crippen LogP) is 10.0. The van der Waals surface area contributed by atoms with E-state index in [4.69, 9.17) is 11.6 Å². The Bertz CT molecular complexity index is 3130. The molecule has 388 valence electrons. The van der Waals surface area contributed by atoms with Gasteiger partial charge < -0.3 is 25.5 Å². The van der Waals surface area contributed by atoms with Crippen molar-refractivity contribution < 1.29 is 59.9 Å². The van der Waals surface area contributed by atoms with Gasteiger partial charge in [-0.3, -0.25) is 19.4 Å². The number of amides is 7. The number of hydrogen-bond donors (Lipinski definition) is 3. The van der Waals surface area contributed by atoms with Crippen LogP contribution in [-0.4, -0.2) is 88.6 Å². The van der Waals surface area contributed by atoms with E-state index in [1.54, 1.807) is 48.5 Å². The zero-order valence-electron chi connectivity index (χ0n) is 39.8. The lowest BCUT2D eigenvalue weighted by molar-refractivity contribution is -0.871. The monoisotopic (exact) mass is 1060 g/mol. The number of anilines is 2. The Kier molecular flexibility index (Phi) is 14.1. The van der Waals surface area contributed by atoms with E-state index in [-0.39, 0.29) is 92.6 Å². The van der Waals surface area contributed by atoms with Gasteiger partial charge in [-0.1, -0.05) is 60.1 Å². The molecular formula is C54H43ClF6N9O6+. The highest BCUT2D eigenvalue weighted by atomic mass is 35.5. The van der Waals surface area contributed by atoms with Crippen molar-refractivity contribution in [2.45, 2.75) is 43.8 Å². The minimum Gasteiger partial charge on any atom is -0.435 e. The molecule has 2 atom stereocenters. The molecule has 0 aromatic heterocycles. The summed E-state index contributed by atoms with van der Waals surface area (Å²) in [7, 11) is 0. The molecule has 22 heteroatoms. The SMILES string of the molecule is N#Cc1ccc([C@H]2NC(=O)N(c3cccc(C(F)(F)F)c3)C3=C2C(=O)N(CCC[N+](CCCN2CC4=C(C2=O)[C@@H](c2ccc(C#N)cc2)NC(=O)N4c2cccc(C(F)(F)F)c2)(Cc2ccc(Cl)cc2)C(=O)O)C3)cc1. The van der Waals surface area contributed by atoms with Crippen LogP contribution in [0.15, 0.2) is 144 Å². The average Bonchev–Trinajstić information content (AvgIpc) is 3.90. The predicted molar refractivity (Wildman–Crippen MR) is 262 cm³/mol. The first-order valence-electron chi connectivity index (χ1n) is 23.6. The van der Waals surface area contributed by atoms with Crippen LogP contribution in [0.4, 0.5) is 52.1 Å². The quantitative estimate of drug-likeness (QED) is 0.0723. The molecule has 5 aromatic rings. The molecule has 76 heavy (non-hydrogen) atoms. The molecule has 0 aliphatic carbocycles. The van der Waals surface area contributed by atoms with Crippen LogP contribution in [0.2, 0.25) is 5.02 Å². The van der Waals surface area contributed by atoms with Gasteiger partial charge in [0.15, 0.2) is 0 Å². The van der Waals surface area contributed by atoms with Crippen LogP contribution in [0.5, 0.6) is 0 Å². The van der Waals surface area contributed by atoms with E-state index in [1.165, 1.54) is 46.2 Å². The molecule has 3 N–H and O–H groups in total. The maximum absolute atomic E-state index is 14.6. The second-order valence-corrected chi connectivity index (χ2v) is 19.0. The number of urea groups is 2. The van der Waals surface area contributed by atoms with Crippen LogP contribution in [-0.2, 0) is 28.5 Å². The molecule has 0 unspecified atom stereocenters.